The van der Waals surface area contributed by atoms with Crippen LogP contribution >= 0.6 is 0 Å². The van der Waals surface area contributed by atoms with Crippen molar-refractivity contribution in [2.45, 2.75) is 26.4 Å². The van der Waals surface area contributed by atoms with E-state index in [-0.39, 0.29) is 6.61 Å². The van der Waals surface area contributed by atoms with Crippen molar-refractivity contribution in [2.24, 2.45) is 5.41 Å². The number of ether oxygens (including phenoxy) is 1. The zero-order valence-corrected chi connectivity index (χ0v) is 12.6. The summed E-state index contributed by atoms with van der Waals surface area (Å²) in [5, 5.41) is 11.1. The van der Waals surface area contributed by atoms with Gasteiger partial charge in [-0.25, -0.2) is 9.97 Å². The summed E-state index contributed by atoms with van der Waals surface area (Å²) in [6.07, 6.45) is 4.67. The van der Waals surface area contributed by atoms with Gasteiger partial charge in [-0.05, 0) is 17.5 Å². The molecule has 1 N–H and O–H groups in total. The fraction of sp³-hybridized carbons (Fsp3) is 0.375. The minimum absolute atomic E-state index is 0.105. The second-order valence-corrected chi connectivity index (χ2v) is 6.10. The second kappa shape index (κ2) is 5.86. The zero-order chi connectivity index (χ0) is 15.5. The maximum atomic E-state index is 11.1. The fourth-order valence-electron chi connectivity index (χ4n) is 2.00. The fourth-order valence-corrected chi connectivity index (χ4v) is 2.00. The largest absolute Gasteiger partial charge is 0.490 e. The zero-order valence-electron chi connectivity index (χ0n) is 12.6. The van der Waals surface area contributed by atoms with Gasteiger partial charge in [0.1, 0.15) is 32.1 Å². The van der Waals surface area contributed by atoms with Gasteiger partial charge >= 0.3 is 0 Å². The predicted molar refractivity (Wildman–Crippen MR) is 82.7 cm³/mol. The molecular weight excluding hydrogens is 263 g/mol. The van der Waals surface area contributed by atoms with E-state index >= 15 is 0 Å². The SMILES string of the molecule is [B]c1ccc(OCC(O)(c2cncnc2)C(C)(C)C)cc1. The van der Waals surface area contributed by atoms with Gasteiger partial charge < -0.3 is 9.84 Å². The summed E-state index contributed by atoms with van der Waals surface area (Å²) in [6, 6.07) is 7.08. The number of rotatable bonds is 4. The van der Waals surface area contributed by atoms with Crippen molar-refractivity contribution < 1.29 is 9.84 Å². The third-order valence-corrected chi connectivity index (χ3v) is 3.61. The first-order valence-corrected chi connectivity index (χ1v) is 6.79. The average Bonchev–Trinajstić information content (AvgIpc) is 2.46. The van der Waals surface area contributed by atoms with Gasteiger partial charge in [-0.1, -0.05) is 38.4 Å². The topological polar surface area (TPSA) is 55.2 Å². The minimum Gasteiger partial charge on any atom is -0.490 e. The molecule has 0 aliphatic carbocycles. The normalized spacial score (nSPS) is 14.5. The van der Waals surface area contributed by atoms with Crippen molar-refractivity contribution in [2.75, 3.05) is 6.61 Å². The van der Waals surface area contributed by atoms with Gasteiger partial charge in [0.2, 0.25) is 0 Å². The molecule has 21 heavy (non-hydrogen) atoms. The lowest BCUT2D eigenvalue weighted by Gasteiger charge is -2.39. The maximum absolute atomic E-state index is 11.1. The molecule has 0 aliphatic rings. The highest BCUT2D eigenvalue weighted by Gasteiger charge is 2.43. The molecule has 1 atom stereocenters. The van der Waals surface area contributed by atoms with Crippen LogP contribution in [0.5, 0.6) is 5.75 Å². The molecule has 1 aromatic heterocycles. The van der Waals surface area contributed by atoms with E-state index in [1.165, 1.54) is 6.33 Å². The van der Waals surface area contributed by atoms with E-state index in [0.29, 0.717) is 16.8 Å². The number of aromatic nitrogens is 2. The molecule has 1 unspecified atom stereocenters. The summed E-state index contributed by atoms with van der Waals surface area (Å²) >= 11 is 0. The van der Waals surface area contributed by atoms with Crippen LogP contribution in [-0.4, -0.2) is 29.5 Å². The smallest absolute Gasteiger partial charge is 0.131 e. The van der Waals surface area contributed by atoms with Crippen LogP contribution in [0.4, 0.5) is 0 Å². The van der Waals surface area contributed by atoms with E-state index in [0.717, 1.165) is 0 Å². The molecule has 0 spiro atoms. The van der Waals surface area contributed by atoms with Gasteiger partial charge in [0.25, 0.3) is 0 Å². The van der Waals surface area contributed by atoms with E-state index in [9.17, 15) is 5.11 Å². The standard InChI is InChI=1S/C16H19BN2O2/c1-15(2,3)16(20,12-8-18-11-19-9-12)10-21-14-6-4-13(17)5-7-14/h4-9,11,20H,10H2,1-3H3. The monoisotopic (exact) mass is 282 g/mol. The summed E-state index contributed by atoms with van der Waals surface area (Å²) in [6.45, 7) is 5.96. The van der Waals surface area contributed by atoms with Crippen LogP contribution in [0, 0.1) is 5.41 Å². The highest BCUT2D eigenvalue weighted by Crippen LogP contribution is 2.39. The minimum atomic E-state index is -1.20. The van der Waals surface area contributed by atoms with Crippen molar-refractivity contribution >= 4 is 13.3 Å². The lowest BCUT2D eigenvalue weighted by Crippen LogP contribution is -2.45. The number of benzene rings is 1. The van der Waals surface area contributed by atoms with E-state index < -0.39 is 11.0 Å². The Labute approximate surface area is 126 Å². The first-order chi connectivity index (χ1) is 9.83. The van der Waals surface area contributed by atoms with Crippen molar-refractivity contribution in [3.8, 4) is 5.75 Å². The number of hydrogen-bond acceptors (Lipinski definition) is 4. The predicted octanol–water partition coefficient (Wildman–Crippen LogP) is 1.58. The molecule has 2 rings (SSSR count). The molecular formula is C16H19BN2O2. The Kier molecular flexibility index (Phi) is 4.33. The summed E-state index contributed by atoms with van der Waals surface area (Å²) in [5.74, 6) is 0.656. The van der Waals surface area contributed by atoms with Crippen molar-refractivity contribution in [1.82, 2.24) is 9.97 Å². The van der Waals surface area contributed by atoms with E-state index in [2.05, 4.69) is 9.97 Å². The molecule has 4 nitrogen and oxygen atoms in total. The van der Waals surface area contributed by atoms with Crippen LogP contribution in [-0.2, 0) is 5.60 Å². The molecule has 0 amide bonds. The molecule has 5 heteroatoms. The Balaban J connectivity index is 2.24. The Bertz CT molecular complexity index is 581. The van der Waals surface area contributed by atoms with E-state index in [1.54, 1.807) is 36.7 Å². The van der Waals surface area contributed by atoms with Gasteiger partial charge in [-0.3, -0.25) is 0 Å². The van der Waals surface area contributed by atoms with Crippen LogP contribution in [0.3, 0.4) is 0 Å². The van der Waals surface area contributed by atoms with Crippen molar-refractivity contribution in [3.63, 3.8) is 0 Å². The van der Waals surface area contributed by atoms with Crippen LogP contribution in [0.2, 0.25) is 0 Å². The highest BCUT2D eigenvalue weighted by molar-refractivity contribution is 6.32. The van der Waals surface area contributed by atoms with Crippen molar-refractivity contribution in [1.29, 1.82) is 0 Å². The number of nitrogens with zero attached hydrogens (tertiary/aromatic N) is 2. The summed E-state index contributed by atoms with van der Waals surface area (Å²) in [5.41, 5.74) is -0.334. The Morgan fingerprint density at radius 1 is 1.10 bits per heavy atom. The average molecular weight is 282 g/mol. The Morgan fingerprint density at radius 3 is 2.19 bits per heavy atom. The molecule has 1 heterocycles. The molecule has 1 aromatic carbocycles. The third-order valence-electron chi connectivity index (χ3n) is 3.61. The third kappa shape index (κ3) is 3.42. The van der Waals surface area contributed by atoms with E-state index in [4.69, 9.17) is 12.6 Å². The molecule has 0 fully saturated rings. The molecule has 2 radical (unpaired) electrons. The van der Waals surface area contributed by atoms with Crippen LogP contribution in [0.25, 0.3) is 0 Å². The van der Waals surface area contributed by atoms with E-state index in [1.807, 2.05) is 20.8 Å². The lowest BCUT2D eigenvalue weighted by molar-refractivity contribution is -0.0949. The molecule has 0 saturated heterocycles. The quantitative estimate of drug-likeness (QED) is 0.865. The van der Waals surface area contributed by atoms with Gasteiger partial charge in [0.05, 0.1) is 0 Å². The first kappa shape index (κ1) is 15.5. The molecule has 0 saturated carbocycles. The van der Waals surface area contributed by atoms with Gasteiger partial charge in [-0.15, -0.1) is 0 Å². The Morgan fingerprint density at radius 2 is 1.67 bits per heavy atom. The van der Waals surface area contributed by atoms with Gasteiger partial charge in [0, 0.05) is 18.0 Å². The number of hydrogen-bond donors (Lipinski definition) is 1. The van der Waals surface area contributed by atoms with Crippen LogP contribution in [0.1, 0.15) is 26.3 Å². The van der Waals surface area contributed by atoms with Crippen LogP contribution < -0.4 is 10.2 Å². The summed E-state index contributed by atoms with van der Waals surface area (Å²) < 4.78 is 5.75. The molecule has 2 aromatic rings. The maximum Gasteiger partial charge on any atom is 0.131 e. The van der Waals surface area contributed by atoms with Crippen LogP contribution in [0.15, 0.2) is 43.0 Å². The summed E-state index contributed by atoms with van der Waals surface area (Å²) in [4.78, 5) is 7.98. The lowest BCUT2D eigenvalue weighted by atomic mass is 9.73. The van der Waals surface area contributed by atoms with Gasteiger partial charge in [0.15, 0.2) is 0 Å². The molecule has 0 aliphatic heterocycles. The molecule has 108 valence electrons. The second-order valence-electron chi connectivity index (χ2n) is 6.10. The molecule has 0 bridgehead atoms. The first-order valence-electron chi connectivity index (χ1n) is 6.79. The summed E-state index contributed by atoms with van der Waals surface area (Å²) in [7, 11) is 5.65. The van der Waals surface area contributed by atoms with Gasteiger partial charge in [-0.2, -0.15) is 0 Å². The van der Waals surface area contributed by atoms with Crippen molar-refractivity contribution in [3.05, 3.63) is 48.5 Å². The Hall–Kier alpha value is -1.88. The number of aliphatic hydroxyl groups is 1. The highest BCUT2D eigenvalue weighted by atomic mass is 16.5.